The number of rotatable bonds is 1. The van der Waals surface area contributed by atoms with Crippen LogP contribution >= 0.6 is 28.6 Å². The Morgan fingerprint density at radius 1 is 1.00 bits per heavy atom. The molecule has 0 spiro atoms. The maximum atomic E-state index is 4.22. The van der Waals surface area contributed by atoms with Gasteiger partial charge in [-0.05, 0) is 45.7 Å². The Morgan fingerprint density at radius 2 is 1.63 bits per heavy atom. The molecule has 0 amide bonds. The Balaban J connectivity index is 0.000000637. The first-order chi connectivity index (χ1) is 9.24. The maximum absolute atomic E-state index is 4.22. The van der Waals surface area contributed by atoms with Crippen LogP contribution in [0.25, 0.3) is 22.8 Å². The molecule has 0 heterocycles. The van der Waals surface area contributed by atoms with Crippen LogP contribution in [0.5, 0.6) is 0 Å². The van der Waals surface area contributed by atoms with Crippen LogP contribution in [0, 0.1) is 0 Å². The van der Waals surface area contributed by atoms with Gasteiger partial charge in [-0.25, -0.2) is 0 Å². The highest BCUT2D eigenvalue weighted by Crippen LogP contribution is 2.46. The van der Waals surface area contributed by atoms with Crippen molar-refractivity contribution >= 4 is 40.2 Å². The number of hydrogen-bond acceptors (Lipinski definition) is 1. The Morgan fingerprint density at radius 3 is 2.26 bits per heavy atom. The minimum absolute atomic E-state index is 1.07. The van der Waals surface area contributed by atoms with E-state index < -0.39 is 0 Å². The van der Waals surface area contributed by atoms with Crippen LogP contribution in [0.1, 0.15) is 16.7 Å². The largest absolute Gasteiger partial charge is 0.183 e. The monoisotopic (exact) mass is 330 g/mol. The van der Waals surface area contributed by atoms with E-state index in [1.165, 1.54) is 22.3 Å². The molecule has 0 atom stereocenters. The van der Waals surface area contributed by atoms with Crippen molar-refractivity contribution in [2.75, 3.05) is 6.26 Å². The minimum atomic E-state index is 1.07. The Bertz CT molecular complexity index is 656. The molecule has 0 N–H and O–H groups in total. The molecule has 0 radical (unpaired) electrons. The van der Waals surface area contributed by atoms with Gasteiger partial charge in [-0.3, -0.25) is 0 Å². The topological polar surface area (TPSA) is 0 Å². The summed E-state index contributed by atoms with van der Waals surface area (Å²) in [6.45, 7) is 8.11. The van der Waals surface area contributed by atoms with Gasteiger partial charge in [0.05, 0.1) is 0 Å². The molecule has 0 unspecified atom stereocenters. The van der Waals surface area contributed by atoms with E-state index in [0.29, 0.717) is 0 Å². The fraction of sp³-hybridized carbons (Fsp3) is 0.0588. The van der Waals surface area contributed by atoms with Crippen molar-refractivity contribution in [3.05, 3.63) is 70.7 Å². The second-order valence-corrected chi connectivity index (χ2v) is 4.97. The third-order valence-electron chi connectivity index (χ3n) is 3.24. The van der Waals surface area contributed by atoms with Gasteiger partial charge in [0.1, 0.15) is 0 Å². The van der Waals surface area contributed by atoms with E-state index in [1.54, 1.807) is 6.26 Å². The van der Waals surface area contributed by atoms with Crippen LogP contribution in [0.15, 0.2) is 54.0 Å². The van der Waals surface area contributed by atoms with Gasteiger partial charge >= 0.3 is 0 Å². The molecule has 2 heteroatoms. The zero-order valence-corrected chi connectivity index (χ0v) is 13.3. The van der Waals surface area contributed by atoms with E-state index >= 15 is 0 Å². The molecule has 1 aliphatic carbocycles. The van der Waals surface area contributed by atoms with E-state index in [-0.39, 0.29) is 0 Å². The normalized spacial score (nSPS) is 11.2. The molecule has 0 bridgehead atoms. The molecule has 19 heavy (non-hydrogen) atoms. The molecular formula is C17H15BrS. The first-order valence-corrected chi connectivity index (χ1v) is 7.61. The molecule has 96 valence electrons. The standard InChI is InChI=1S/C16H11Br.CH4S/c1-3-11-15(17)9-8-14-13-7-5-4-6-12(13)10(2)16(11)14;1-2/h3-9H,1-2H2;2H,1H3. The second kappa shape index (κ2) is 5.81. The summed E-state index contributed by atoms with van der Waals surface area (Å²) >= 11 is 7.10. The SMILES string of the molecule is C=Cc1c(Br)ccc2c1C(=C)c1ccccc1-2.CS. The molecule has 0 aromatic heterocycles. The van der Waals surface area contributed by atoms with Crippen molar-refractivity contribution in [3.63, 3.8) is 0 Å². The summed E-state index contributed by atoms with van der Waals surface area (Å²) in [6.07, 6.45) is 3.58. The van der Waals surface area contributed by atoms with Crippen LogP contribution in [0.3, 0.4) is 0 Å². The molecule has 0 aliphatic heterocycles. The van der Waals surface area contributed by atoms with Gasteiger partial charge in [-0.15, -0.1) is 0 Å². The summed E-state index contributed by atoms with van der Waals surface area (Å²) in [5, 5.41) is 0. The van der Waals surface area contributed by atoms with Crippen LogP contribution in [0.4, 0.5) is 0 Å². The molecule has 0 saturated carbocycles. The van der Waals surface area contributed by atoms with Crippen molar-refractivity contribution < 1.29 is 0 Å². The minimum Gasteiger partial charge on any atom is -0.183 e. The van der Waals surface area contributed by atoms with Crippen LogP contribution in [-0.4, -0.2) is 6.26 Å². The quantitative estimate of drug-likeness (QED) is 0.545. The van der Waals surface area contributed by atoms with Gasteiger partial charge in [-0.1, -0.05) is 65.5 Å². The highest BCUT2D eigenvalue weighted by Gasteiger charge is 2.24. The lowest BCUT2D eigenvalue weighted by molar-refractivity contribution is 1.57. The van der Waals surface area contributed by atoms with Crippen molar-refractivity contribution in [1.29, 1.82) is 0 Å². The molecule has 2 aromatic rings. The first-order valence-electron chi connectivity index (χ1n) is 5.92. The lowest BCUT2D eigenvalue weighted by Gasteiger charge is -2.07. The van der Waals surface area contributed by atoms with Gasteiger partial charge in [-0.2, -0.15) is 12.6 Å². The van der Waals surface area contributed by atoms with Crippen LogP contribution in [0.2, 0.25) is 0 Å². The maximum Gasteiger partial charge on any atom is 0.0254 e. The van der Waals surface area contributed by atoms with E-state index in [9.17, 15) is 0 Å². The predicted molar refractivity (Wildman–Crippen MR) is 92.7 cm³/mol. The molecule has 0 nitrogen and oxygen atoms in total. The van der Waals surface area contributed by atoms with E-state index in [0.717, 1.165) is 15.6 Å². The molecule has 0 fully saturated rings. The Labute approximate surface area is 128 Å². The number of hydrogen-bond donors (Lipinski definition) is 1. The highest BCUT2D eigenvalue weighted by molar-refractivity contribution is 9.10. The third-order valence-corrected chi connectivity index (χ3v) is 3.93. The number of thiol groups is 1. The fourth-order valence-electron chi connectivity index (χ4n) is 2.46. The van der Waals surface area contributed by atoms with Crippen LogP contribution < -0.4 is 0 Å². The molecule has 1 aliphatic rings. The second-order valence-electron chi connectivity index (χ2n) is 4.11. The van der Waals surface area contributed by atoms with E-state index in [4.69, 9.17) is 0 Å². The summed E-state index contributed by atoms with van der Waals surface area (Å²) in [5.41, 5.74) is 7.17. The van der Waals surface area contributed by atoms with E-state index in [1.807, 2.05) is 6.08 Å². The smallest absolute Gasteiger partial charge is 0.0254 e. The summed E-state index contributed by atoms with van der Waals surface area (Å²) in [6, 6.07) is 12.6. The summed E-state index contributed by atoms with van der Waals surface area (Å²) < 4.78 is 1.07. The summed E-state index contributed by atoms with van der Waals surface area (Å²) in [5.74, 6) is 0. The van der Waals surface area contributed by atoms with Crippen molar-refractivity contribution in [1.82, 2.24) is 0 Å². The first kappa shape index (κ1) is 14.2. The third kappa shape index (κ3) is 2.19. The lowest BCUT2D eigenvalue weighted by Crippen LogP contribution is -1.86. The molecule has 0 saturated heterocycles. The predicted octanol–water partition coefficient (Wildman–Crippen LogP) is 5.68. The summed E-state index contributed by atoms with van der Waals surface area (Å²) in [4.78, 5) is 0. The number of halogens is 1. The zero-order chi connectivity index (χ0) is 14.0. The summed E-state index contributed by atoms with van der Waals surface area (Å²) in [7, 11) is 0. The van der Waals surface area contributed by atoms with Crippen molar-refractivity contribution in [3.8, 4) is 11.1 Å². The van der Waals surface area contributed by atoms with Crippen LogP contribution in [-0.2, 0) is 0 Å². The average Bonchev–Trinajstić information content (AvgIpc) is 2.75. The van der Waals surface area contributed by atoms with Gasteiger partial charge in [0.15, 0.2) is 0 Å². The lowest BCUT2D eigenvalue weighted by atomic mass is 9.99. The Kier molecular flexibility index (Phi) is 4.33. The number of benzene rings is 2. The van der Waals surface area contributed by atoms with Gasteiger partial charge in [0.2, 0.25) is 0 Å². The molecular weight excluding hydrogens is 316 g/mol. The number of fused-ring (bicyclic) bond motifs is 3. The van der Waals surface area contributed by atoms with Gasteiger partial charge in [0, 0.05) is 4.47 Å². The molecule has 3 rings (SSSR count). The Hall–Kier alpha value is -1.25. The van der Waals surface area contributed by atoms with Gasteiger partial charge < -0.3 is 0 Å². The highest BCUT2D eigenvalue weighted by atomic mass is 79.9. The van der Waals surface area contributed by atoms with Crippen molar-refractivity contribution in [2.24, 2.45) is 0 Å². The fourth-order valence-corrected chi connectivity index (χ4v) is 2.95. The van der Waals surface area contributed by atoms with E-state index in [2.05, 4.69) is 78.1 Å². The van der Waals surface area contributed by atoms with Crippen molar-refractivity contribution in [2.45, 2.75) is 0 Å². The molecule has 2 aromatic carbocycles. The average molecular weight is 331 g/mol. The zero-order valence-electron chi connectivity index (χ0n) is 10.8. The van der Waals surface area contributed by atoms with Gasteiger partial charge in [0.25, 0.3) is 0 Å².